The molecule has 0 radical (unpaired) electrons. The quantitative estimate of drug-likeness (QED) is 0.116. The zero-order valence-electron chi connectivity index (χ0n) is 35.2. The van der Waals surface area contributed by atoms with Crippen molar-refractivity contribution in [2.24, 2.45) is 0 Å². The fourth-order valence-electron chi connectivity index (χ4n) is 11.1. The predicted octanol–water partition coefficient (Wildman–Crippen LogP) is 12.0. The van der Waals surface area contributed by atoms with Crippen LogP contribution in [0.4, 0.5) is 0 Å². The van der Waals surface area contributed by atoms with Gasteiger partial charge in [-0.1, -0.05) is 0 Å². The van der Waals surface area contributed by atoms with Crippen LogP contribution in [-0.2, 0) is 0 Å². The third-order valence-corrected chi connectivity index (χ3v) is 23.7. The summed E-state index contributed by atoms with van der Waals surface area (Å²) in [5, 5.41) is 16.3. The second-order valence-corrected chi connectivity index (χ2v) is 25.4. The fraction of sp³-hybridized carbons (Fsp3) is 0. The van der Waals surface area contributed by atoms with Crippen LogP contribution in [0, 0.1) is 0 Å². The van der Waals surface area contributed by atoms with Crippen molar-refractivity contribution < 1.29 is 0 Å². The van der Waals surface area contributed by atoms with Gasteiger partial charge in [0.15, 0.2) is 0 Å². The Morgan fingerprint density at radius 3 is 1.03 bits per heavy atom. The SMILES string of the molecule is c1ccc([Si](c2ccccc2)(c2ccc(-n3c4ccccc4c4ccc5c6ccccc6[se]c5c43)cc2)c2ccc(-n3c4ccccc4c4ccc5c6ccccc6[se]c5c43)cc2)cc1. The first kappa shape index (κ1) is 37.4. The Hall–Kier alpha value is -6.94. The maximum atomic E-state index is 2.55. The van der Waals surface area contributed by atoms with E-state index in [1.807, 2.05) is 0 Å². The summed E-state index contributed by atoms with van der Waals surface area (Å²) < 4.78 is 11.0. The number of fused-ring (bicyclic) bond motifs is 14. The molecule has 0 bridgehead atoms. The molecule has 0 amide bonds. The summed E-state index contributed by atoms with van der Waals surface area (Å²) in [7, 11) is -2.86. The molecule has 0 saturated carbocycles. The van der Waals surface area contributed by atoms with Crippen LogP contribution in [0.5, 0.6) is 0 Å². The number of nitrogens with zero attached hydrogens (tertiary/aromatic N) is 2. The van der Waals surface area contributed by atoms with Gasteiger partial charge in [0.25, 0.3) is 0 Å². The minimum atomic E-state index is -2.86. The van der Waals surface area contributed by atoms with Crippen LogP contribution in [0.25, 0.3) is 93.6 Å². The van der Waals surface area contributed by atoms with Crippen LogP contribution in [0.3, 0.4) is 0 Å². The molecular formula is C60H38N2Se2Si. The van der Waals surface area contributed by atoms with E-state index in [1.165, 1.54) is 114 Å². The van der Waals surface area contributed by atoms with E-state index in [2.05, 4.69) is 240 Å². The average molecular weight is 973 g/mol. The van der Waals surface area contributed by atoms with E-state index in [4.69, 9.17) is 0 Å². The number of benzene rings is 10. The van der Waals surface area contributed by atoms with Crippen LogP contribution in [-0.4, -0.2) is 46.2 Å². The Bertz CT molecular complexity index is 3890. The van der Waals surface area contributed by atoms with Gasteiger partial charge >= 0.3 is 391 Å². The fourth-order valence-corrected chi connectivity index (χ4v) is 21.0. The molecule has 4 aromatic heterocycles. The Morgan fingerprint density at radius 1 is 0.262 bits per heavy atom. The Balaban J connectivity index is 0.990. The first-order valence-electron chi connectivity index (χ1n) is 22.3. The standard InChI is InChI=1S/C60H38N2Se2Si/c1-3-15-41(16-4-1)65(42-17-5-2-6-18-42,43-31-27-39(28-32-43)61-53-23-11-7-19-45(53)49-35-37-51-47-21-9-13-25-55(47)63-59(51)57(49)61)44-33-29-40(30-34-44)62-54-24-12-8-20-46(54)50-36-38-52-48-22-10-14-26-56(48)64-60(52)58(50)62/h1-38H. The monoisotopic (exact) mass is 974 g/mol. The molecule has 0 fully saturated rings. The maximum absolute atomic E-state index is 2.86. The third-order valence-electron chi connectivity index (χ3n) is 13.9. The van der Waals surface area contributed by atoms with Gasteiger partial charge in [-0.2, -0.15) is 0 Å². The van der Waals surface area contributed by atoms with Gasteiger partial charge in [0.1, 0.15) is 0 Å². The Kier molecular flexibility index (Phi) is 8.37. The zero-order chi connectivity index (χ0) is 42.6. The van der Waals surface area contributed by atoms with Gasteiger partial charge in [0, 0.05) is 0 Å². The zero-order valence-corrected chi connectivity index (χ0v) is 39.6. The van der Waals surface area contributed by atoms with Crippen LogP contribution in [0.1, 0.15) is 0 Å². The summed E-state index contributed by atoms with van der Waals surface area (Å²) >= 11 is 0.439. The molecule has 0 aliphatic carbocycles. The summed E-state index contributed by atoms with van der Waals surface area (Å²) in [6, 6.07) is 87.4. The molecule has 2 nitrogen and oxygen atoms in total. The van der Waals surface area contributed by atoms with Gasteiger partial charge in [0.05, 0.1) is 0 Å². The predicted molar refractivity (Wildman–Crippen MR) is 283 cm³/mol. The molecule has 0 saturated heterocycles. The average Bonchev–Trinajstić information content (AvgIpc) is 4.13. The van der Waals surface area contributed by atoms with Gasteiger partial charge in [-0.15, -0.1) is 0 Å². The first-order valence-corrected chi connectivity index (χ1v) is 27.7. The number of para-hydroxylation sites is 2. The summed E-state index contributed by atoms with van der Waals surface area (Å²) in [5.41, 5.74) is 7.59. The summed E-state index contributed by atoms with van der Waals surface area (Å²) in [4.78, 5) is 0. The molecule has 4 heterocycles. The van der Waals surface area contributed by atoms with E-state index in [1.54, 1.807) is 0 Å². The van der Waals surface area contributed by atoms with Crippen LogP contribution in [0.15, 0.2) is 231 Å². The minimum absolute atomic E-state index is 0.220. The van der Waals surface area contributed by atoms with Crippen molar-refractivity contribution in [2.75, 3.05) is 0 Å². The van der Waals surface area contributed by atoms with Crippen molar-refractivity contribution in [2.45, 2.75) is 0 Å². The number of hydrogen-bond donors (Lipinski definition) is 0. The van der Waals surface area contributed by atoms with E-state index >= 15 is 0 Å². The first-order chi connectivity index (χ1) is 32.3. The second-order valence-electron chi connectivity index (χ2n) is 17.2. The number of rotatable bonds is 6. The van der Waals surface area contributed by atoms with Gasteiger partial charge in [-0.3, -0.25) is 0 Å². The van der Waals surface area contributed by atoms with E-state index in [-0.39, 0.29) is 29.0 Å². The van der Waals surface area contributed by atoms with Crippen molar-refractivity contribution >= 4 is 140 Å². The number of hydrogen-bond acceptors (Lipinski definition) is 0. The topological polar surface area (TPSA) is 9.86 Å². The molecule has 10 aromatic carbocycles. The normalized spacial score (nSPS) is 12.3. The molecule has 0 aliphatic rings. The molecule has 0 unspecified atom stereocenters. The molecule has 65 heavy (non-hydrogen) atoms. The molecule has 0 atom stereocenters. The van der Waals surface area contributed by atoms with E-state index < -0.39 is 8.07 Å². The molecule has 0 aliphatic heterocycles. The van der Waals surface area contributed by atoms with Gasteiger partial charge < -0.3 is 0 Å². The van der Waals surface area contributed by atoms with Crippen molar-refractivity contribution in [3.63, 3.8) is 0 Å². The molecule has 14 aromatic rings. The summed E-state index contributed by atoms with van der Waals surface area (Å²) in [6.45, 7) is 0. The van der Waals surface area contributed by atoms with Crippen LogP contribution in [0.2, 0.25) is 0 Å². The molecule has 0 N–H and O–H groups in total. The second kappa shape index (κ2) is 14.5. The molecule has 304 valence electrons. The van der Waals surface area contributed by atoms with Gasteiger partial charge in [-0.05, 0) is 0 Å². The summed E-state index contributed by atoms with van der Waals surface area (Å²) in [5.74, 6) is 0. The van der Waals surface area contributed by atoms with Crippen molar-refractivity contribution in [3.05, 3.63) is 231 Å². The van der Waals surface area contributed by atoms with Crippen molar-refractivity contribution in [1.82, 2.24) is 9.13 Å². The number of aromatic nitrogens is 2. The van der Waals surface area contributed by atoms with E-state index in [0.29, 0.717) is 0 Å². The Morgan fingerprint density at radius 2 is 0.600 bits per heavy atom. The molecule has 0 spiro atoms. The van der Waals surface area contributed by atoms with Gasteiger partial charge in [-0.25, -0.2) is 0 Å². The molecule has 5 heteroatoms. The molecular weight excluding hydrogens is 935 g/mol. The van der Waals surface area contributed by atoms with Crippen molar-refractivity contribution in [1.29, 1.82) is 0 Å². The van der Waals surface area contributed by atoms with Gasteiger partial charge in [0.2, 0.25) is 0 Å². The third kappa shape index (κ3) is 5.39. The molecule has 14 rings (SSSR count). The van der Waals surface area contributed by atoms with E-state index in [0.717, 1.165) is 0 Å². The van der Waals surface area contributed by atoms with Crippen LogP contribution >= 0.6 is 0 Å². The van der Waals surface area contributed by atoms with Crippen LogP contribution < -0.4 is 20.7 Å². The Labute approximate surface area is 388 Å². The van der Waals surface area contributed by atoms with E-state index in [9.17, 15) is 0 Å². The van der Waals surface area contributed by atoms with Crippen molar-refractivity contribution in [3.8, 4) is 11.4 Å². The summed E-state index contributed by atoms with van der Waals surface area (Å²) in [6.07, 6.45) is 0.